The highest BCUT2D eigenvalue weighted by atomic mass is 19.1. The monoisotopic (exact) mass is 255 g/mol. The summed E-state index contributed by atoms with van der Waals surface area (Å²) in [6.07, 6.45) is 0.988. The number of hydrogen-bond acceptors (Lipinski definition) is 3. The highest BCUT2D eigenvalue weighted by molar-refractivity contribution is 5.75. The van der Waals surface area contributed by atoms with Crippen molar-refractivity contribution in [3.8, 4) is 5.75 Å². The second kappa shape index (κ2) is 6.96. The minimum Gasteiger partial charge on any atom is -0.493 e. The lowest BCUT2D eigenvalue weighted by Gasteiger charge is -2.12. The molecule has 0 aliphatic carbocycles. The van der Waals surface area contributed by atoms with Gasteiger partial charge in [-0.2, -0.15) is 0 Å². The molecule has 18 heavy (non-hydrogen) atoms. The summed E-state index contributed by atoms with van der Waals surface area (Å²) in [6, 6.07) is 3.99. The predicted octanol–water partition coefficient (Wildman–Crippen LogP) is 1.57. The first-order valence-electron chi connectivity index (χ1n) is 5.77. The number of nitrogens with zero attached hydrogens (tertiary/aromatic N) is 1. The summed E-state index contributed by atoms with van der Waals surface area (Å²) in [5.74, 6) is 0.0884. The van der Waals surface area contributed by atoms with Gasteiger partial charge in [0.25, 0.3) is 0 Å². The van der Waals surface area contributed by atoms with E-state index in [1.807, 2.05) is 0 Å². The molecule has 1 rings (SSSR count). The number of ether oxygens (including phenoxy) is 1. The molecule has 0 bridgehead atoms. The SMILES string of the molecule is CN(C)C(=O)CCCOc1ccc(F)cc1CO. The molecule has 1 aromatic rings. The van der Waals surface area contributed by atoms with Crippen LogP contribution in [0, 0.1) is 5.82 Å². The summed E-state index contributed by atoms with van der Waals surface area (Å²) in [4.78, 5) is 12.8. The van der Waals surface area contributed by atoms with E-state index in [0.29, 0.717) is 30.8 Å². The van der Waals surface area contributed by atoms with Gasteiger partial charge < -0.3 is 14.7 Å². The Kier molecular flexibility index (Phi) is 5.58. The van der Waals surface area contributed by atoms with E-state index in [4.69, 9.17) is 9.84 Å². The molecule has 0 fully saturated rings. The lowest BCUT2D eigenvalue weighted by molar-refractivity contribution is -0.128. The molecule has 0 heterocycles. The number of amides is 1. The molecule has 1 amide bonds. The van der Waals surface area contributed by atoms with Gasteiger partial charge in [0.2, 0.25) is 5.91 Å². The zero-order valence-corrected chi connectivity index (χ0v) is 10.6. The third kappa shape index (κ3) is 4.33. The molecule has 0 atom stereocenters. The predicted molar refractivity (Wildman–Crippen MR) is 65.7 cm³/mol. The van der Waals surface area contributed by atoms with Gasteiger partial charge in [-0.15, -0.1) is 0 Å². The molecule has 0 aliphatic rings. The average Bonchev–Trinajstić information content (AvgIpc) is 2.35. The number of rotatable bonds is 6. The molecule has 0 saturated carbocycles. The molecular formula is C13H18FNO3. The molecule has 5 heteroatoms. The fraction of sp³-hybridized carbons (Fsp3) is 0.462. The summed E-state index contributed by atoms with van der Waals surface area (Å²) in [5.41, 5.74) is 0.411. The minimum atomic E-state index is -0.408. The Balaban J connectivity index is 2.42. The molecule has 0 aromatic heterocycles. The lowest BCUT2D eigenvalue weighted by Crippen LogP contribution is -2.21. The maximum absolute atomic E-state index is 12.9. The van der Waals surface area contributed by atoms with Crippen LogP contribution in [0.15, 0.2) is 18.2 Å². The Morgan fingerprint density at radius 2 is 2.17 bits per heavy atom. The summed E-state index contributed by atoms with van der Waals surface area (Å²) in [5, 5.41) is 9.05. The van der Waals surface area contributed by atoms with Crippen molar-refractivity contribution in [3.05, 3.63) is 29.6 Å². The topological polar surface area (TPSA) is 49.8 Å². The smallest absolute Gasteiger partial charge is 0.222 e. The van der Waals surface area contributed by atoms with E-state index in [0.717, 1.165) is 0 Å². The molecule has 0 radical (unpaired) electrons. The Hall–Kier alpha value is -1.62. The largest absolute Gasteiger partial charge is 0.493 e. The van der Waals surface area contributed by atoms with Crippen molar-refractivity contribution in [2.45, 2.75) is 19.4 Å². The first-order valence-corrected chi connectivity index (χ1v) is 5.77. The van der Waals surface area contributed by atoms with Crippen molar-refractivity contribution >= 4 is 5.91 Å². The van der Waals surface area contributed by atoms with Crippen molar-refractivity contribution < 1.29 is 19.0 Å². The quantitative estimate of drug-likeness (QED) is 0.785. The van der Waals surface area contributed by atoms with E-state index in [2.05, 4.69) is 0 Å². The fourth-order valence-corrected chi connectivity index (χ4v) is 1.44. The van der Waals surface area contributed by atoms with E-state index in [1.54, 1.807) is 14.1 Å². The standard InChI is InChI=1S/C13H18FNO3/c1-15(2)13(17)4-3-7-18-12-6-5-11(14)8-10(12)9-16/h5-6,8,16H,3-4,7,9H2,1-2H3. The van der Waals surface area contributed by atoms with Crippen molar-refractivity contribution in [1.82, 2.24) is 4.90 Å². The van der Waals surface area contributed by atoms with Gasteiger partial charge in [-0.3, -0.25) is 4.79 Å². The zero-order chi connectivity index (χ0) is 13.5. The van der Waals surface area contributed by atoms with Crippen LogP contribution in [0.4, 0.5) is 4.39 Å². The highest BCUT2D eigenvalue weighted by Crippen LogP contribution is 2.19. The Morgan fingerprint density at radius 3 is 2.78 bits per heavy atom. The first-order chi connectivity index (χ1) is 8.54. The van der Waals surface area contributed by atoms with Gasteiger partial charge in [0.15, 0.2) is 0 Å². The number of hydrogen-bond donors (Lipinski definition) is 1. The van der Waals surface area contributed by atoms with Gasteiger partial charge in [-0.25, -0.2) is 4.39 Å². The molecule has 0 aliphatic heterocycles. The van der Waals surface area contributed by atoms with Gasteiger partial charge in [0.1, 0.15) is 11.6 Å². The molecule has 0 unspecified atom stereocenters. The number of benzene rings is 1. The summed E-state index contributed by atoms with van der Waals surface area (Å²) >= 11 is 0. The Bertz CT molecular complexity index is 407. The minimum absolute atomic E-state index is 0.0417. The third-order valence-corrected chi connectivity index (χ3v) is 2.48. The molecule has 0 saturated heterocycles. The van der Waals surface area contributed by atoms with E-state index in [1.165, 1.54) is 23.1 Å². The molecule has 0 spiro atoms. The Morgan fingerprint density at radius 1 is 1.44 bits per heavy atom. The Labute approximate surface area is 106 Å². The fourth-order valence-electron chi connectivity index (χ4n) is 1.44. The summed E-state index contributed by atoms with van der Waals surface area (Å²) in [6.45, 7) is 0.0853. The number of halogens is 1. The summed E-state index contributed by atoms with van der Waals surface area (Å²) < 4.78 is 18.3. The van der Waals surface area contributed by atoms with Crippen LogP contribution < -0.4 is 4.74 Å². The van der Waals surface area contributed by atoms with Crippen LogP contribution in [0.5, 0.6) is 5.75 Å². The normalized spacial score (nSPS) is 10.2. The third-order valence-electron chi connectivity index (χ3n) is 2.48. The second-order valence-corrected chi connectivity index (χ2v) is 4.15. The van der Waals surface area contributed by atoms with Crippen molar-refractivity contribution in [1.29, 1.82) is 0 Å². The van der Waals surface area contributed by atoms with E-state index in [-0.39, 0.29) is 12.5 Å². The second-order valence-electron chi connectivity index (χ2n) is 4.15. The van der Waals surface area contributed by atoms with Crippen LogP contribution in [-0.2, 0) is 11.4 Å². The first kappa shape index (κ1) is 14.4. The number of aliphatic hydroxyl groups is 1. The lowest BCUT2D eigenvalue weighted by atomic mass is 10.2. The maximum atomic E-state index is 12.9. The van der Waals surface area contributed by atoms with Gasteiger partial charge >= 0.3 is 0 Å². The van der Waals surface area contributed by atoms with Gasteiger partial charge in [0, 0.05) is 26.1 Å². The van der Waals surface area contributed by atoms with Crippen molar-refractivity contribution in [3.63, 3.8) is 0 Å². The molecule has 4 nitrogen and oxygen atoms in total. The van der Waals surface area contributed by atoms with Gasteiger partial charge in [0.05, 0.1) is 13.2 Å². The van der Waals surface area contributed by atoms with Gasteiger partial charge in [-0.05, 0) is 24.6 Å². The molecule has 1 aromatic carbocycles. The van der Waals surface area contributed by atoms with Crippen LogP contribution in [0.3, 0.4) is 0 Å². The van der Waals surface area contributed by atoms with Gasteiger partial charge in [-0.1, -0.05) is 0 Å². The number of carbonyl (C=O) groups excluding carboxylic acids is 1. The summed E-state index contributed by atoms with van der Waals surface area (Å²) in [7, 11) is 3.40. The van der Waals surface area contributed by atoms with Crippen LogP contribution in [0.2, 0.25) is 0 Å². The van der Waals surface area contributed by atoms with Crippen LogP contribution >= 0.6 is 0 Å². The van der Waals surface area contributed by atoms with E-state index >= 15 is 0 Å². The molecule has 100 valence electrons. The highest BCUT2D eigenvalue weighted by Gasteiger charge is 2.06. The van der Waals surface area contributed by atoms with Crippen LogP contribution in [-0.4, -0.2) is 36.6 Å². The van der Waals surface area contributed by atoms with Crippen LogP contribution in [0.1, 0.15) is 18.4 Å². The number of aliphatic hydroxyl groups excluding tert-OH is 1. The molecular weight excluding hydrogens is 237 g/mol. The van der Waals surface area contributed by atoms with Crippen LogP contribution in [0.25, 0.3) is 0 Å². The maximum Gasteiger partial charge on any atom is 0.222 e. The van der Waals surface area contributed by atoms with Crippen molar-refractivity contribution in [2.24, 2.45) is 0 Å². The molecule has 1 N–H and O–H groups in total. The number of carbonyl (C=O) groups is 1. The van der Waals surface area contributed by atoms with E-state index in [9.17, 15) is 9.18 Å². The average molecular weight is 255 g/mol. The van der Waals surface area contributed by atoms with E-state index < -0.39 is 5.82 Å². The zero-order valence-electron chi connectivity index (χ0n) is 10.6. The van der Waals surface area contributed by atoms with Crippen molar-refractivity contribution in [2.75, 3.05) is 20.7 Å².